The number of pyridine rings is 1. The highest BCUT2D eigenvalue weighted by Gasteiger charge is 2.19. The molecule has 0 atom stereocenters. The molecule has 0 radical (unpaired) electrons. The maximum atomic E-state index is 12.6. The number of aryl methyl sites for hydroxylation is 1. The van der Waals surface area contributed by atoms with Gasteiger partial charge in [0.05, 0.1) is 27.2 Å². The first-order chi connectivity index (χ1) is 15.0. The molecule has 2 heterocycles. The highest BCUT2D eigenvalue weighted by molar-refractivity contribution is 7.99. The Morgan fingerprint density at radius 1 is 1.00 bits per heavy atom. The molecule has 4 rings (SSSR count). The molecule has 2 aromatic heterocycles. The smallest absolute Gasteiger partial charge is 0.234 e. The van der Waals surface area contributed by atoms with Crippen molar-refractivity contribution in [3.63, 3.8) is 0 Å². The van der Waals surface area contributed by atoms with E-state index in [1.165, 1.54) is 11.8 Å². The predicted octanol–water partition coefficient (Wildman–Crippen LogP) is 5.68. The van der Waals surface area contributed by atoms with Crippen LogP contribution in [0.2, 0.25) is 10.0 Å². The molecule has 0 fully saturated rings. The lowest BCUT2D eigenvalue weighted by Gasteiger charge is -2.13. The number of nitrogens with one attached hydrogen (secondary N) is 1. The highest BCUT2D eigenvalue weighted by Crippen LogP contribution is 2.31. The highest BCUT2D eigenvalue weighted by atomic mass is 35.5. The number of carbonyl (C=O) groups excluding carboxylic acids is 1. The van der Waals surface area contributed by atoms with E-state index >= 15 is 0 Å². The summed E-state index contributed by atoms with van der Waals surface area (Å²) in [7, 11) is 0. The van der Waals surface area contributed by atoms with Crippen molar-refractivity contribution in [2.45, 2.75) is 12.1 Å². The molecule has 0 spiro atoms. The van der Waals surface area contributed by atoms with Crippen LogP contribution in [0.15, 0.2) is 72.1 Å². The predicted molar refractivity (Wildman–Crippen MR) is 125 cm³/mol. The minimum absolute atomic E-state index is 0.113. The van der Waals surface area contributed by atoms with Crippen molar-refractivity contribution in [3.8, 4) is 17.1 Å². The third-order valence-electron chi connectivity index (χ3n) is 4.49. The summed E-state index contributed by atoms with van der Waals surface area (Å²) in [6.45, 7) is 2.02. The molecule has 9 heteroatoms. The number of halogens is 2. The zero-order valence-corrected chi connectivity index (χ0v) is 18.7. The molecule has 4 aromatic rings. The van der Waals surface area contributed by atoms with Gasteiger partial charge in [-0.1, -0.05) is 59.2 Å². The van der Waals surface area contributed by atoms with Crippen LogP contribution >= 0.6 is 35.0 Å². The van der Waals surface area contributed by atoms with Crippen molar-refractivity contribution in [1.29, 1.82) is 0 Å². The molecule has 0 aliphatic heterocycles. The van der Waals surface area contributed by atoms with Crippen LogP contribution in [-0.4, -0.2) is 31.4 Å². The lowest BCUT2D eigenvalue weighted by atomic mass is 10.2. The molecule has 0 aliphatic rings. The minimum atomic E-state index is -0.246. The standard InChI is InChI=1S/C22H17Cl2N5OS/c1-14-5-2-3-8-18(14)29-21(15-9-11-25-12-10-15)27-28-22(29)31-13-19(30)26-20-16(23)6-4-7-17(20)24/h2-12H,13H2,1H3,(H,26,30). The fourth-order valence-corrected chi connectivity index (χ4v) is 4.24. The summed E-state index contributed by atoms with van der Waals surface area (Å²) < 4.78 is 1.95. The molecule has 6 nitrogen and oxygen atoms in total. The van der Waals surface area contributed by atoms with Crippen LogP contribution in [0, 0.1) is 6.92 Å². The second-order valence-corrected chi connectivity index (χ2v) is 8.35. The number of rotatable bonds is 6. The number of anilines is 1. The van der Waals surface area contributed by atoms with Crippen molar-refractivity contribution in [1.82, 2.24) is 19.7 Å². The summed E-state index contributed by atoms with van der Waals surface area (Å²) in [5.74, 6) is 0.542. The van der Waals surface area contributed by atoms with Gasteiger partial charge in [-0.05, 0) is 42.8 Å². The van der Waals surface area contributed by atoms with E-state index in [1.807, 2.05) is 47.9 Å². The number of amides is 1. The van der Waals surface area contributed by atoms with Crippen molar-refractivity contribution in [2.24, 2.45) is 0 Å². The molecule has 0 bridgehead atoms. The Morgan fingerprint density at radius 3 is 2.42 bits per heavy atom. The van der Waals surface area contributed by atoms with Crippen molar-refractivity contribution in [2.75, 3.05) is 11.1 Å². The Balaban J connectivity index is 1.62. The molecule has 31 heavy (non-hydrogen) atoms. The number of benzene rings is 2. The van der Waals surface area contributed by atoms with Gasteiger partial charge in [0, 0.05) is 18.0 Å². The van der Waals surface area contributed by atoms with E-state index in [0.29, 0.717) is 26.7 Å². The number of nitrogens with zero attached hydrogens (tertiary/aromatic N) is 4. The summed E-state index contributed by atoms with van der Waals surface area (Å²) in [6, 6.07) is 16.8. The lowest BCUT2D eigenvalue weighted by molar-refractivity contribution is -0.113. The molecular weight excluding hydrogens is 453 g/mol. The van der Waals surface area contributed by atoms with Crippen LogP contribution in [0.3, 0.4) is 0 Å². The molecule has 0 saturated heterocycles. The molecular formula is C22H17Cl2N5OS. The average Bonchev–Trinajstić information content (AvgIpc) is 3.19. The monoisotopic (exact) mass is 469 g/mol. The van der Waals surface area contributed by atoms with Gasteiger partial charge in [0.25, 0.3) is 0 Å². The van der Waals surface area contributed by atoms with Gasteiger partial charge in [-0.2, -0.15) is 0 Å². The Bertz CT molecular complexity index is 1210. The van der Waals surface area contributed by atoms with Crippen LogP contribution in [0.5, 0.6) is 0 Å². The molecule has 0 saturated carbocycles. The fourth-order valence-electron chi connectivity index (χ4n) is 3.01. The third kappa shape index (κ3) is 4.74. The second kappa shape index (κ2) is 9.51. The van der Waals surface area contributed by atoms with E-state index in [4.69, 9.17) is 23.2 Å². The van der Waals surface area contributed by atoms with E-state index < -0.39 is 0 Å². The fraction of sp³-hybridized carbons (Fsp3) is 0.0909. The van der Waals surface area contributed by atoms with Crippen molar-refractivity contribution >= 4 is 46.6 Å². The number of thioether (sulfide) groups is 1. The first-order valence-electron chi connectivity index (χ1n) is 9.33. The lowest BCUT2D eigenvalue weighted by Crippen LogP contribution is -2.15. The van der Waals surface area contributed by atoms with Gasteiger partial charge < -0.3 is 5.32 Å². The molecule has 0 unspecified atom stereocenters. The normalized spacial score (nSPS) is 10.8. The van der Waals surface area contributed by atoms with Crippen molar-refractivity contribution in [3.05, 3.63) is 82.6 Å². The van der Waals surface area contributed by atoms with Crippen LogP contribution in [0.25, 0.3) is 17.1 Å². The molecule has 1 amide bonds. The summed E-state index contributed by atoms with van der Waals surface area (Å²) in [5.41, 5.74) is 3.28. The van der Waals surface area contributed by atoms with E-state index in [0.717, 1.165) is 16.8 Å². The summed E-state index contributed by atoms with van der Waals surface area (Å²) >= 11 is 13.6. The largest absolute Gasteiger partial charge is 0.323 e. The van der Waals surface area contributed by atoms with Gasteiger partial charge in [0.1, 0.15) is 0 Å². The van der Waals surface area contributed by atoms with E-state index in [9.17, 15) is 4.79 Å². The van der Waals surface area contributed by atoms with Gasteiger partial charge in [0.15, 0.2) is 11.0 Å². The summed E-state index contributed by atoms with van der Waals surface area (Å²) in [5, 5.41) is 12.9. The van der Waals surface area contributed by atoms with Crippen LogP contribution in [-0.2, 0) is 4.79 Å². The van der Waals surface area contributed by atoms with E-state index in [1.54, 1.807) is 30.6 Å². The zero-order valence-electron chi connectivity index (χ0n) is 16.4. The van der Waals surface area contributed by atoms with Gasteiger partial charge in [-0.15, -0.1) is 10.2 Å². The first-order valence-corrected chi connectivity index (χ1v) is 11.1. The number of carbonyl (C=O) groups is 1. The molecule has 156 valence electrons. The van der Waals surface area contributed by atoms with Gasteiger partial charge in [-0.25, -0.2) is 0 Å². The Labute approximate surface area is 193 Å². The van der Waals surface area contributed by atoms with Gasteiger partial charge in [-0.3, -0.25) is 14.3 Å². The maximum absolute atomic E-state index is 12.6. The number of para-hydroxylation sites is 2. The topological polar surface area (TPSA) is 72.7 Å². The van der Waals surface area contributed by atoms with E-state index in [-0.39, 0.29) is 11.7 Å². The van der Waals surface area contributed by atoms with Gasteiger partial charge in [0.2, 0.25) is 5.91 Å². The summed E-state index contributed by atoms with van der Waals surface area (Å²) in [6.07, 6.45) is 3.42. The number of hydrogen-bond acceptors (Lipinski definition) is 5. The SMILES string of the molecule is Cc1ccccc1-n1c(SCC(=O)Nc2c(Cl)cccc2Cl)nnc1-c1ccncc1. The minimum Gasteiger partial charge on any atom is -0.323 e. The van der Waals surface area contributed by atoms with Crippen molar-refractivity contribution < 1.29 is 4.79 Å². The third-order valence-corrected chi connectivity index (χ3v) is 6.05. The number of hydrogen-bond donors (Lipinski definition) is 1. The molecule has 2 aromatic carbocycles. The van der Waals surface area contributed by atoms with Crippen LogP contribution in [0.1, 0.15) is 5.56 Å². The van der Waals surface area contributed by atoms with E-state index in [2.05, 4.69) is 20.5 Å². The van der Waals surface area contributed by atoms with Gasteiger partial charge >= 0.3 is 0 Å². The Hall–Kier alpha value is -2.87. The Kier molecular flexibility index (Phi) is 6.56. The molecule has 0 aliphatic carbocycles. The maximum Gasteiger partial charge on any atom is 0.234 e. The quantitative estimate of drug-likeness (QED) is 0.368. The Morgan fingerprint density at radius 2 is 1.71 bits per heavy atom. The van der Waals surface area contributed by atoms with Crippen LogP contribution in [0.4, 0.5) is 5.69 Å². The number of aromatic nitrogens is 4. The second-order valence-electron chi connectivity index (χ2n) is 6.60. The summed E-state index contributed by atoms with van der Waals surface area (Å²) in [4.78, 5) is 16.6. The zero-order chi connectivity index (χ0) is 21.8. The molecule has 1 N–H and O–H groups in total. The van der Waals surface area contributed by atoms with Crippen LogP contribution < -0.4 is 5.32 Å². The first kappa shape index (κ1) is 21.4. The average molecular weight is 470 g/mol.